The number of hydrogen-bond donors (Lipinski definition) is 2. The molecule has 0 unspecified atom stereocenters. The van der Waals surface area contributed by atoms with E-state index in [0.717, 1.165) is 19.0 Å². The predicted molar refractivity (Wildman–Crippen MR) is 156 cm³/mol. The van der Waals surface area contributed by atoms with Gasteiger partial charge in [0.05, 0.1) is 10.9 Å². The number of unbranched alkanes of at least 4 members (excludes halogenated alkanes) is 1. The zero-order valence-corrected chi connectivity index (χ0v) is 22.7. The SMILES string of the molecule is CC.CNCCCCNC(=O)c1cn2c3cc4c(=O)c5ccccc5c(=O)c4cc3oc3c(F)c(F)cc(c1=O)c32. The molecule has 8 nitrogen and oxygen atoms in total. The minimum absolute atomic E-state index is 0.0327. The van der Waals surface area contributed by atoms with Crippen LogP contribution in [0, 0.1) is 11.6 Å². The average molecular weight is 560 g/mol. The topological polar surface area (TPSA) is 110 Å². The number of benzene rings is 4. The monoisotopic (exact) mass is 559 g/mol. The lowest BCUT2D eigenvalue weighted by Crippen LogP contribution is -2.30. The average Bonchev–Trinajstić information content (AvgIpc) is 2.99. The molecule has 210 valence electrons. The highest BCUT2D eigenvalue weighted by molar-refractivity contribution is 6.06. The highest BCUT2D eigenvalue weighted by Crippen LogP contribution is 2.31. The molecule has 0 fully saturated rings. The van der Waals surface area contributed by atoms with E-state index in [1.807, 2.05) is 20.9 Å². The van der Waals surface area contributed by atoms with Gasteiger partial charge < -0.3 is 19.5 Å². The summed E-state index contributed by atoms with van der Waals surface area (Å²) in [5, 5.41) is 6.05. The van der Waals surface area contributed by atoms with Crippen LogP contribution in [-0.4, -0.2) is 30.4 Å². The molecule has 4 aromatic carbocycles. The summed E-state index contributed by atoms with van der Waals surface area (Å²) >= 11 is 0. The fraction of sp³-hybridized carbons (Fsp3) is 0.226. The summed E-state index contributed by atoms with van der Waals surface area (Å²) < 4.78 is 36.6. The lowest BCUT2D eigenvalue weighted by Gasteiger charge is -2.14. The first kappa shape index (κ1) is 27.9. The third kappa shape index (κ3) is 4.50. The lowest BCUT2D eigenvalue weighted by atomic mass is 10.0. The van der Waals surface area contributed by atoms with E-state index in [2.05, 4.69) is 10.6 Å². The number of rotatable bonds is 6. The molecule has 2 N–H and O–H groups in total. The normalized spacial score (nSPS) is 11.4. The number of nitrogens with zero attached hydrogens (tertiary/aromatic N) is 1. The van der Waals surface area contributed by atoms with Gasteiger partial charge in [0, 0.05) is 34.3 Å². The number of carbonyl (C=O) groups excluding carboxylic acids is 1. The summed E-state index contributed by atoms with van der Waals surface area (Å²) in [7, 11) is 1.82. The lowest BCUT2D eigenvalue weighted by molar-refractivity contribution is 0.0951. The smallest absolute Gasteiger partial charge is 0.256 e. The zero-order valence-electron chi connectivity index (χ0n) is 22.7. The Morgan fingerprint density at radius 2 is 1.49 bits per heavy atom. The van der Waals surface area contributed by atoms with Crippen LogP contribution in [0.15, 0.2) is 67.5 Å². The van der Waals surface area contributed by atoms with Crippen LogP contribution in [-0.2, 0) is 0 Å². The van der Waals surface area contributed by atoms with Crippen molar-refractivity contribution >= 4 is 55.0 Å². The van der Waals surface area contributed by atoms with Crippen LogP contribution in [0.1, 0.15) is 37.0 Å². The van der Waals surface area contributed by atoms with E-state index >= 15 is 0 Å². The number of halogens is 2. The molecule has 1 amide bonds. The van der Waals surface area contributed by atoms with Crippen molar-refractivity contribution in [3.8, 4) is 0 Å². The molecule has 0 saturated heterocycles. The largest absolute Gasteiger partial charge is 0.450 e. The molecule has 0 aliphatic carbocycles. The number of pyridine rings is 1. The molecule has 0 aliphatic rings. The highest BCUT2D eigenvalue weighted by atomic mass is 19.2. The third-order valence-electron chi connectivity index (χ3n) is 7.00. The van der Waals surface area contributed by atoms with Crippen LogP contribution in [0.2, 0.25) is 0 Å². The number of amides is 1. The van der Waals surface area contributed by atoms with Gasteiger partial charge in [-0.2, -0.15) is 4.39 Å². The fourth-order valence-corrected chi connectivity index (χ4v) is 5.06. The summed E-state index contributed by atoms with van der Waals surface area (Å²) in [4.78, 5) is 52.8. The second-order valence-corrected chi connectivity index (χ2v) is 9.38. The van der Waals surface area contributed by atoms with E-state index < -0.39 is 39.4 Å². The number of fused-ring (bicyclic) bond motifs is 4. The highest BCUT2D eigenvalue weighted by Gasteiger charge is 2.23. The third-order valence-corrected chi connectivity index (χ3v) is 7.00. The first-order chi connectivity index (χ1) is 19.8. The van der Waals surface area contributed by atoms with E-state index in [0.29, 0.717) is 13.0 Å². The van der Waals surface area contributed by atoms with E-state index in [4.69, 9.17) is 4.42 Å². The van der Waals surface area contributed by atoms with Gasteiger partial charge in [0.25, 0.3) is 5.91 Å². The molecule has 6 rings (SSSR count). The molecule has 0 spiro atoms. The Bertz CT molecular complexity index is 2150. The number of hydrogen-bond acceptors (Lipinski definition) is 6. The first-order valence-corrected chi connectivity index (χ1v) is 13.4. The molecule has 0 atom stereocenters. The molecule has 6 aromatic rings. The second kappa shape index (κ2) is 11.1. The summed E-state index contributed by atoms with van der Waals surface area (Å²) in [6.45, 7) is 5.07. The summed E-state index contributed by atoms with van der Waals surface area (Å²) in [5.74, 6) is -3.33. The molecule has 0 bridgehead atoms. The number of carbonyl (C=O) groups is 1. The van der Waals surface area contributed by atoms with Gasteiger partial charge in [-0.25, -0.2) is 4.39 Å². The Morgan fingerprint density at radius 3 is 2.15 bits per heavy atom. The van der Waals surface area contributed by atoms with Crippen molar-refractivity contribution in [1.29, 1.82) is 0 Å². The molecule has 41 heavy (non-hydrogen) atoms. The van der Waals surface area contributed by atoms with Gasteiger partial charge in [0.15, 0.2) is 27.8 Å². The minimum atomic E-state index is -1.33. The Morgan fingerprint density at radius 1 is 0.854 bits per heavy atom. The van der Waals surface area contributed by atoms with Crippen molar-refractivity contribution < 1.29 is 18.0 Å². The van der Waals surface area contributed by atoms with Crippen LogP contribution in [0.4, 0.5) is 8.78 Å². The maximum atomic E-state index is 15.0. The standard InChI is InChI=1S/C29H21F2N3O5.C2H6/c1-32-8-4-5-9-33-29(38)19-13-34-21-11-16-17(26(36)15-7-3-2-6-14(15)25(16)35)12-22(21)39-28-23(31)20(30)10-18(24(28)34)27(19)37;1-2/h2-3,6-7,10-13,32H,4-5,8-9H2,1H3,(H,33,38);1-2H3. The Hall–Kier alpha value is -4.70. The number of aromatic nitrogens is 1. The quantitative estimate of drug-likeness (QED) is 0.174. The van der Waals surface area contributed by atoms with Gasteiger partial charge in [-0.1, -0.05) is 38.1 Å². The van der Waals surface area contributed by atoms with Gasteiger partial charge in [-0.05, 0) is 44.6 Å². The van der Waals surface area contributed by atoms with Crippen molar-refractivity contribution in [2.45, 2.75) is 26.7 Å². The predicted octanol–water partition coefficient (Wildman–Crippen LogP) is 4.70. The summed E-state index contributed by atoms with van der Waals surface area (Å²) in [6, 6.07) is 9.83. The first-order valence-electron chi connectivity index (χ1n) is 13.4. The van der Waals surface area contributed by atoms with Crippen LogP contribution in [0.25, 0.3) is 49.1 Å². The van der Waals surface area contributed by atoms with Crippen molar-refractivity contribution in [2.24, 2.45) is 0 Å². The Labute approximate surface area is 231 Å². The fourth-order valence-electron chi connectivity index (χ4n) is 5.06. The van der Waals surface area contributed by atoms with E-state index in [1.54, 1.807) is 18.2 Å². The van der Waals surface area contributed by atoms with Gasteiger partial charge in [-0.3, -0.25) is 19.2 Å². The second-order valence-electron chi connectivity index (χ2n) is 9.38. The summed E-state index contributed by atoms with van der Waals surface area (Å²) in [6.07, 6.45) is 2.70. The van der Waals surface area contributed by atoms with Gasteiger partial charge in [0.2, 0.25) is 11.2 Å². The van der Waals surface area contributed by atoms with Crippen LogP contribution in [0.3, 0.4) is 0 Å². The van der Waals surface area contributed by atoms with E-state index in [1.165, 1.54) is 28.8 Å². The molecular formula is C31H27F2N3O5. The molecule has 2 heterocycles. The maximum absolute atomic E-state index is 15.0. The van der Waals surface area contributed by atoms with E-state index in [9.17, 15) is 28.0 Å². The van der Waals surface area contributed by atoms with Gasteiger partial charge in [0.1, 0.15) is 11.1 Å². The molecule has 0 aliphatic heterocycles. The summed E-state index contributed by atoms with van der Waals surface area (Å²) in [5.41, 5.74) is -2.37. The molecular weight excluding hydrogens is 532 g/mol. The minimum Gasteiger partial charge on any atom is -0.450 e. The van der Waals surface area contributed by atoms with Crippen LogP contribution in [0.5, 0.6) is 0 Å². The van der Waals surface area contributed by atoms with Crippen molar-refractivity contribution in [2.75, 3.05) is 20.1 Å². The van der Waals surface area contributed by atoms with Crippen molar-refractivity contribution in [3.05, 3.63) is 96.5 Å². The van der Waals surface area contributed by atoms with Crippen LogP contribution >= 0.6 is 0 Å². The molecule has 0 radical (unpaired) electrons. The number of nitrogens with one attached hydrogen (secondary N) is 2. The Kier molecular flexibility index (Phi) is 7.51. The Balaban J connectivity index is 0.00000165. The van der Waals surface area contributed by atoms with Gasteiger partial charge in [-0.15, -0.1) is 0 Å². The van der Waals surface area contributed by atoms with Crippen molar-refractivity contribution in [1.82, 2.24) is 15.0 Å². The van der Waals surface area contributed by atoms with Crippen LogP contribution < -0.4 is 26.9 Å². The molecule has 0 saturated carbocycles. The molecule has 10 heteroatoms. The molecule has 2 aromatic heterocycles. The zero-order chi connectivity index (χ0) is 29.4. The van der Waals surface area contributed by atoms with Gasteiger partial charge >= 0.3 is 0 Å². The van der Waals surface area contributed by atoms with Crippen molar-refractivity contribution in [3.63, 3.8) is 0 Å². The van der Waals surface area contributed by atoms with E-state index in [-0.39, 0.29) is 49.1 Å². The maximum Gasteiger partial charge on any atom is 0.256 e.